The number of nitrogens with two attached hydrogens (primary N) is 2. The molecule has 0 saturated heterocycles. The Hall–Kier alpha value is -0.763. The van der Waals surface area contributed by atoms with Gasteiger partial charge in [0, 0.05) is 26.3 Å². The van der Waals surface area contributed by atoms with Crippen molar-refractivity contribution in [3.05, 3.63) is 35.9 Å². The molecule has 0 amide bonds. The first-order chi connectivity index (χ1) is 9.65. The van der Waals surface area contributed by atoms with Gasteiger partial charge in [-0.15, -0.1) is 0 Å². The number of rotatable bonds is 10. The van der Waals surface area contributed by atoms with Crippen molar-refractivity contribution >= 4 is 8.80 Å². The summed E-state index contributed by atoms with van der Waals surface area (Å²) in [6, 6.07) is 10.9. The van der Waals surface area contributed by atoms with Crippen LogP contribution in [0.2, 0.25) is 6.04 Å². The molecule has 0 radical (unpaired) electrons. The van der Waals surface area contributed by atoms with E-state index in [1.165, 1.54) is 5.56 Å². The van der Waals surface area contributed by atoms with Gasteiger partial charge in [0.05, 0.1) is 6.61 Å². The van der Waals surface area contributed by atoms with E-state index in [0.29, 0.717) is 13.2 Å². The fourth-order valence-corrected chi connectivity index (χ4v) is 3.97. The van der Waals surface area contributed by atoms with Gasteiger partial charge in [-0.1, -0.05) is 30.3 Å². The summed E-state index contributed by atoms with van der Waals surface area (Å²) in [5.41, 5.74) is 12.6. The number of benzene rings is 1. The van der Waals surface area contributed by atoms with E-state index in [2.05, 4.69) is 12.1 Å². The lowest BCUT2D eigenvalue weighted by molar-refractivity contribution is 0.0915. The van der Waals surface area contributed by atoms with Gasteiger partial charge in [-0.25, -0.2) is 0 Å². The number of hydrogen-bond acceptors (Lipinski definition) is 5. The molecular weight excluding hydrogens is 272 g/mol. The second kappa shape index (κ2) is 9.22. The Morgan fingerprint density at radius 1 is 1.15 bits per heavy atom. The van der Waals surface area contributed by atoms with Crippen LogP contribution in [0.15, 0.2) is 30.3 Å². The van der Waals surface area contributed by atoms with Gasteiger partial charge in [0.15, 0.2) is 0 Å². The highest BCUT2D eigenvalue weighted by Crippen LogP contribution is 2.18. The van der Waals surface area contributed by atoms with E-state index >= 15 is 0 Å². The summed E-state index contributed by atoms with van der Waals surface area (Å²) in [5.74, 6) is 0. The van der Waals surface area contributed by atoms with Gasteiger partial charge in [-0.3, -0.25) is 0 Å². The van der Waals surface area contributed by atoms with Gasteiger partial charge in [-0.05, 0) is 24.9 Å². The van der Waals surface area contributed by atoms with Crippen LogP contribution in [0.3, 0.4) is 0 Å². The Morgan fingerprint density at radius 2 is 1.80 bits per heavy atom. The molecule has 1 aromatic rings. The molecule has 0 aliphatic rings. The maximum atomic E-state index is 5.91. The Balaban J connectivity index is 2.52. The third kappa shape index (κ3) is 5.70. The van der Waals surface area contributed by atoms with Crippen molar-refractivity contribution in [1.82, 2.24) is 0 Å². The van der Waals surface area contributed by atoms with Crippen LogP contribution in [0.25, 0.3) is 0 Å². The highest BCUT2D eigenvalue weighted by molar-refractivity contribution is 6.60. The van der Waals surface area contributed by atoms with E-state index in [9.17, 15) is 0 Å². The van der Waals surface area contributed by atoms with E-state index in [1.807, 2.05) is 18.2 Å². The molecule has 5 nitrogen and oxygen atoms in total. The van der Waals surface area contributed by atoms with Crippen LogP contribution in [0.5, 0.6) is 0 Å². The van der Waals surface area contributed by atoms with Crippen molar-refractivity contribution < 1.29 is 13.3 Å². The lowest BCUT2D eigenvalue weighted by Gasteiger charge is -2.27. The summed E-state index contributed by atoms with van der Waals surface area (Å²) < 4.78 is 17.0. The average Bonchev–Trinajstić information content (AvgIpc) is 2.49. The summed E-state index contributed by atoms with van der Waals surface area (Å²) in [6.07, 6.45) is 1.59. The predicted octanol–water partition coefficient (Wildman–Crippen LogP) is 1.15. The van der Waals surface area contributed by atoms with Crippen molar-refractivity contribution in [2.75, 3.05) is 27.4 Å². The predicted molar refractivity (Wildman–Crippen MR) is 82.3 cm³/mol. The first-order valence-electron chi connectivity index (χ1n) is 6.89. The maximum absolute atomic E-state index is 5.91. The van der Waals surface area contributed by atoms with Crippen molar-refractivity contribution in [2.24, 2.45) is 11.5 Å². The first kappa shape index (κ1) is 17.3. The molecule has 1 atom stereocenters. The van der Waals surface area contributed by atoms with E-state index in [-0.39, 0.29) is 6.04 Å². The molecule has 0 bridgehead atoms. The molecule has 0 aromatic heterocycles. The average molecular weight is 298 g/mol. The zero-order valence-corrected chi connectivity index (χ0v) is 13.4. The molecule has 20 heavy (non-hydrogen) atoms. The zero-order chi connectivity index (χ0) is 14.8. The molecule has 1 unspecified atom stereocenters. The Kier molecular flexibility index (Phi) is 7.97. The van der Waals surface area contributed by atoms with E-state index in [0.717, 1.165) is 18.9 Å². The Morgan fingerprint density at radius 3 is 2.35 bits per heavy atom. The number of aryl methyl sites for hydroxylation is 1. The molecule has 0 spiro atoms. The van der Waals surface area contributed by atoms with Crippen molar-refractivity contribution in [3.8, 4) is 0 Å². The minimum atomic E-state index is -2.64. The molecule has 1 aromatic carbocycles. The van der Waals surface area contributed by atoms with Gasteiger partial charge in [0.1, 0.15) is 0 Å². The Labute approximate surface area is 122 Å². The van der Waals surface area contributed by atoms with Crippen LogP contribution in [0.1, 0.15) is 12.0 Å². The molecular formula is C14H26N2O3Si. The smallest absolute Gasteiger partial charge is 0.377 e. The van der Waals surface area contributed by atoms with Crippen molar-refractivity contribution in [2.45, 2.75) is 24.9 Å². The first-order valence-corrected chi connectivity index (χ1v) is 8.83. The second-order valence-electron chi connectivity index (χ2n) is 4.73. The van der Waals surface area contributed by atoms with Crippen LogP contribution < -0.4 is 11.5 Å². The lowest BCUT2D eigenvalue weighted by atomic mass is 10.2. The van der Waals surface area contributed by atoms with Crippen LogP contribution in [-0.2, 0) is 19.7 Å². The van der Waals surface area contributed by atoms with E-state index in [4.69, 9.17) is 24.7 Å². The van der Waals surface area contributed by atoms with E-state index < -0.39 is 8.80 Å². The normalized spacial score (nSPS) is 13.4. The van der Waals surface area contributed by atoms with Gasteiger partial charge < -0.3 is 24.7 Å². The Bertz CT molecular complexity index is 361. The van der Waals surface area contributed by atoms with Gasteiger partial charge >= 0.3 is 8.80 Å². The molecule has 0 fully saturated rings. The van der Waals surface area contributed by atoms with Crippen molar-refractivity contribution in [3.63, 3.8) is 0 Å². The molecule has 0 heterocycles. The number of hydrogen-bond donors (Lipinski definition) is 2. The SMILES string of the molecule is CO[Si](CCc1ccccc1)(OC)OCC(N)CCN. The zero-order valence-electron chi connectivity index (χ0n) is 12.4. The minimum Gasteiger partial charge on any atom is -0.377 e. The summed E-state index contributed by atoms with van der Waals surface area (Å²) in [4.78, 5) is 0. The summed E-state index contributed by atoms with van der Waals surface area (Å²) >= 11 is 0. The summed E-state index contributed by atoms with van der Waals surface area (Å²) in [6.45, 7) is 0.975. The van der Waals surface area contributed by atoms with Crippen LogP contribution in [0.4, 0.5) is 0 Å². The fourth-order valence-electron chi connectivity index (χ4n) is 1.95. The van der Waals surface area contributed by atoms with Crippen LogP contribution in [0, 0.1) is 0 Å². The molecule has 1 rings (SSSR count). The fraction of sp³-hybridized carbons (Fsp3) is 0.571. The largest absolute Gasteiger partial charge is 0.500 e. The molecule has 114 valence electrons. The van der Waals surface area contributed by atoms with Gasteiger partial charge in [0.25, 0.3) is 0 Å². The van der Waals surface area contributed by atoms with Crippen LogP contribution >= 0.6 is 0 Å². The van der Waals surface area contributed by atoms with E-state index in [1.54, 1.807) is 14.2 Å². The van der Waals surface area contributed by atoms with Gasteiger partial charge in [0.2, 0.25) is 0 Å². The quantitative estimate of drug-likeness (QED) is 0.634. The monoisotopic (exact) mass is 298 g/mol. The molecule has 6 heteroatoms. The second-order valence-corrected chi connectivity index (χ2v) is 7.70. The maximum Gasteiger partial charge on any atom is 0.500 e. The standard InChI is InChI=1S/C14H26N2O3Si/c1-17-20(18-2,19-12-14(16)8-10-15)11-9-13-6-4-3-5-7-13/h3-7,14H,8-12,15-16H2,1-2H3. The van der Waals surface area contributed by atoms with Crippen LogP contribution in [-0.4, -0.2) is 42.2 Å². The van der Waals surface area contributed by atoms with Crippen molar-refractivity contribution in [1.29, 1.82) is 0 Å². The molecule has 4 N–H and O–H groups in total. The highest BCUT2D eigenvalue weighted by atomic mass is 28.4. The molecule has 0 saturated carbocycles. The highest BCUT2D eigenvalue weighted by Gasteiger charge is 2.38. The van der Waals surface area contributed by atoms with Gasteiger partial charge in [-0.2, -0.15) is 0 Å². The summed E-state index contributed by atoms with van der Waals surface area (Å²) in [5, 5.41) is 0. The topological polar surface area (TPSA) is 79.7 Å². The summed E-state index contributed by atoms with van der Waals surface area (Å²) in [7, 11) is 0.629. The molecule has 0 aliphatic heterocycles. The minimum absolute atomic E-state index is 0.0751. The third-order valence-electron chi connectivity index (χ3n) is 3.24. The third-order valence-corrected chi connectivity index (χ3v) is 5.95. The molecule has 0 aliphatic carbocycles. The lowest BCUT2D eigenvalue weighted by Crippen LogP contribution is -2.47.